The molecule has 0 atom stereocenters. The van der Waals surface area contributed by atoms with E-state index in [0.29, 0.717) is 13.1 Å². The van der Waals surface area contributed by atoms with Crippen LogP contribution in [-0.2, 0) is 14.3 Å². The van der Waals surface area contributed by atoms with Gasteiger partial charge >= 0.3 is 0 Å². The van der Waals surface area contributed by atoms with E-state index in [1.165, 1.54) is 25.7 Å². The third-order valence-corrected chi connectivity index (χ3v) is 5.54. The molecule has 0 aromatic rings. The van der Waals surface area contributed by atoms with Crippen molar-refractivity contribution in [2.45, 2.75) is 44.1 Å². The van der Waals surface area contributed by atoms with Gasteiger partial charge in [-0.15, -0.1) is 0 Å². The lowest BCUT2D eigenvalue weighted by molar-refractivity contribution is -0.171. The first-order valence-electron chi connectivity index (χ1n) is 8.96. The summed E-state index contributed by atoms with van der Waals surface area (Å²) in [5.74, 6) is 0.303. The van der Waals surface area contributed by atoms with E-state index in [2.05, 4.69) is 4.90 Å². The summed E-state index contributed by atoms with van der Waals surface area (Å²) in [6, 6.07) is 0. The molecule has 2 amide bonds. The molecule has 0 aromatic heterocycles. The number of morpholine rings is 1. The van der Waals surface area contributed by atoms with Crippen LogP contribution in [0, 0.1) is 0 Å². The SMILES string of the molecule is CN1CC2(CCN(C(=O)CN3CCCCCC3)CC2)OCC1=O. The van der Waals surface area contributed by atoms with Gasteiger partial charge in [-0.3, -0.25) is 14.5 Å². The molecule has 1 spiro atoms. The van der Waals surface area contributed by atoms with Gasteiger partial charge in [0, 0.05) is 26.7 Å². The smallest absolute Gasteiger partial charge is 0.248 e. The van der Waals surface area contributed by atoms with Crippen molar-refractivity contribution in [3.63, 3.8) is 0 Å². The van der Waals surface area contributed by atoms with E-state index in [1.54, 1.807) is 4.90 Å². The highest BCUT2D eigenvalue weighted by Gasteiger charge is 2.42. The number of amides is 2. The second-order valence-corrected chi connectivity index (χ2v) is 7.29. The van der Waals surface area contributed by atoms with E-state index in [9.17, 15) is 9.59 Å². The summed E-state index contributed by atoms with van der Waals surface area (Å²) >= 11 is 0. The van der Waals surface area contributed by atoms with Crippen molar-refractivity contribution < 1.29 is 14.3 Å². The predicted molar refractivity (Wildman–Crippen MR) is 87.0 cm³/mol. The fraction of sp³-hybridized carbons (Fsp3) is 0.882. The molecular formula is C17H29N3O3. The summed E-state index contributed by atoms with van der Waals surface area (Å²) in [5, 5.41) is 0. The number of hydrogen-bond acceptors (Lipinski definition) is 4. The number of rotatable bonds is 2. The number of carbonyl (C=O) groups excluding carboxylic acids is 2. The van der Waals surface area contributed by atoms with Gasteiger partial charge in [0.1, 0.15) is 6.61 Å². The van der Waals surface area contributed by atoms with Gasteiger partial charge in [0.2, 0.25) is 11.8 Å². The van der Waals surface area contributed by atoms with Crippen molar-refractivity contribution >= 4 is 11.8 Å². The monoisotopic (exact) mass is 323 g/mol. The maximum Gasteiger partial charge on any atom is 0.248 e. The molecule has 0 aliphatic carbocycles. The number of likely N-dealkylation sites (tertiary alicyclic amines) is 2. The minimum Gasteiger partial charge on any atom is -0.363 e. The lowest BCUT2D eigenvalue weighted by Crippen LogP contribution is -2.58. The standard InChI is InChI=1S/C17H29N3O3/c1-18-14-17(23-13-16(18)22)6-10-20(11-7-17)15(21)12-19-8-4-2-3-5-9-19/h2-14H2,1H3. The van der Waals surface area contributed by atoms with Crippen molar-refractivity contribution in [3.8, 4) is 0 Å². The van der Waals surface area contributed by atoms with Crippen molar-refractivity contribution in [1.29, 1.82) is 0 Å². The number of ether oxygens (including phenoxy) is 1. The van der Waals surface area contributed by atoms with E-state index in [-0.39, 0.29) is 24.0 Å². The highest BCUT2D eigenvalue weighted by molar-refractivity contribution is 5.79. The van der Waals surface area contributed by atoms with Crippen LogP contribution >= 0.6 is 0 Å². The van der Waals surface area contributed by atoms with Gasteiger partial charge in [-0.05, 0) is 38.8 Å². The molecule has 0 N–H and O–H groups in total. The second-order valence-electron chi connectivity index (χ2n) is 7.29. The summed E-state index contributed by atoms with van der Waals surface area (Å²) in [6.45, 7) is 4.99. The molecule has 0 radical (unpaired) electrons. The first kappa shape index (κ1) is 16.7. The molecular weight excluding hydrogens is 294 g/mol. The second kappa shape index (κ2) is 7.18. The molecule has 0 bridgehead atoms. The van der Waals surface area contributed by atoms with E-state index >= 15 is 0 Å². The van der Waals surface area contributed by atoms with E-state index in [0.717, 1.165) is 39.0 Å². The van der Waals surface area contributed by atoms with E-state index in [1.807, 2.05) is 11.9 Å². The Kier molecular flexibility index (Phi) is 5.21. The van der Waals surface area contributed by atoms with Crippen LogP contribution in [0.3, 0.4) is 0 Å². The summed E-state index contributed by atoms with van der Waals surface area (Å²) in [4.78, 5) is 30.2. The lowest BCUT2D eigenvalue weighted by Gasteiger charge is -2.46. The zero-order valence-electron chi connectivity index (χ0n) is 14.3. The van der Waals surface area contributed by atoms with Gasteiger partial charge < -0.3 is 14.5 Å². The number of piperidine rings is 1. The highest BCUT2D eigenvalue weighted by atomic mass is 16.5. The zero-order valence-corrected chi connectivity index (χ0v) is 14.3. The first-order valence-corrected chi connectivity index (χ1v) is 8.96. The molecule has 3 rings (SSSR count). The van der Waals surface area contributed by atoms with Crippen LogP contribution in [0.2, 0.25) is 0 Å². The van der Waals surface area contributed by atoms with E-state index in [4.69, 9.17) is 4.74 Å². The quantitative estimate of drug-likeness (QED) is 0.751. The number of hydrogen-bond donors (Lipinski definition) is 0. The van der Waals surface area contributed by atoms with Crippen LogP contribution in [0.1, 0.15) is 38.5 Å². The summed E-state index contributed by atoms with van der Waals surface area (Å²) in [5.41, 5.74) is -0.234. The molecule has 6 nitrogen and oxygen atoms in total. The predicted octanol–water partition coefficient (Wildman–Crippen LogP) is 0.712. The molecule has 23 heavy (non-hydrogen) atoms. The van der Waals surface area contributed by atoms with Gasteiger partial charge in [0.15, 0.2) is 0 Å². The minimum atomic E-state index is -0.234. The van der Waals surface area contributed by atoms with Crippen LogP contribution in [0.25, 0.3) is 0 Å². The molecule has 0 unspecified atom stereocenters. The molecule has 3 saturated heterocycles. The van der Waals surface area contributed by atoms with Gasteiger partial charge in [-0.1, -0.05) is 12.8 Å². The van der Waals surface area contributed by atoms with Crippen molar-refractivity contribution in [1.82, 2.24) is 14.7 Å². The Balaban J connectivity index is 1.48. The number of likely N-dealkylation sites (N-methyl/N-ethyl adjacent to an activating group) is 1. The molecule has 0 saturated carbocycles. The molecule has 3 fully saturated rings. The Bertz CT molecular complexity index is 438. The van der Waals surface area contributed by atoms with Crippen molar-refractivity contribution in [2.24, 2.45) is 0 Å². The maximum atomic E-state index is 12.5. The maximum absolute atomic E-state index is 12.5. The normalized spacial score (nSPS) is 26.4. The Morgan fingerprint density at radius 1 is 1.09 bits per heavy atom. The third kappa shape index (κ3) is 4.04. The van der Waals surface area contributed by atoms with Crippen LogP contribution in [0.5, 0.6) is 0 Å². The molecule has 3 heterocycles. The molecule has 6 heteroatoms. The molecule has 3 aliphatic heterocycles. The number of carbonyl (C=O) groups is 2. The first-order chi connectivity index (χ1) is 11.1. The van der Waals surface area contributed by atoms with Crippen molar-refractivity contribution in [3.05, 3.63) is 0 Å². The Morgan fingerprint density at radius 2 is 1.74 bits per heavy atom. The van der Waals surface area contributed by atoms with Gasteiger partial charge in [-0.25, -0.2) is 0 Å². The molecule has 0 aromatic carbocycles. The van der Waals surface area contributed by atoms with Gasteiger partial charge in [0.05, 0.1) is 12.1 Å². The Hall–Kier alpha value is -1.14. The van der Waals surface area contributed by atoms with Gasteiger partial charge in [-0.2, -0.15) is 0 Å². The van der Waals surface area contributed by atoms with Crippen LogP contribution < -0.4 is 0 Å². The highest BCUT2D eigenvalue weighted by Crippen LogP contribution is 2.30. The average Bonchev–Trinajstić information content (AvgIpc) is 2.81. The topological polar surface area (TPSA) is 53.1 Å². The third-order valence-electron chi connectivity index (χ3n) is 5.54. The van der Waals surface area contributed by atoms with Crippen LogP contribution in [-0.4, -0.2) is 85.0 Å². The Morgan fingerprint density at radius 3 is 2.35 bits per heavy atom. The zero-order chi connectivity index (χ0) is 16.3. The summed E-state index contributed by atoms with van der Waals surface area (Å²) in [6.07, 6.45) is 6.67. The van der Waals surface area contributed by atoms with Gasteiger partial charge in [0.25, 0.3) is 0 Å². The Labute approximate surface area is 138 Å². The van der Waals surface area contributed by atoms with E-state index < -0.39 is 0 Å². The van der Waals surface area contributed by atoms with Crippen molar-refractivity contribution in [2.75, 3.05) is 52.9 Å². The van der Waals surface area contributed by atoms with Crippen LogP contribution in [0.15, 0.2) is 0 Å². The average molecular weight is 323 g/mol. The largest absolute Gasteiger partial charge is 0.363 e. The summed E-state index contributed by atoms with van der Waals surface area (Å²) in [7, 11) is 1.84. The number of nitrogens with zero attached hydrogens (tertiary/aromatic N) is 3. The fourth-order valence-corrected chi connectivity index (χ4v) is 3.94. The van der Waals surface area contributed by atoms with Crippen LogP contribution in [0.4, 0.5) is 0 Å². The lowest BCUT2D eigenvalue weighted by atomic mass is 9.89. The fourth-order valence-electron chi connectivity index (χ4n) is 3.94. The minimum absolute atomic E-state index is 0.0512. The molecule has 130 valence electrons. The summed E-state index contributed by atoms with van der Waals surface area (Å²) < 4.78 is 5.84. The molecule has 3 aliphatic rings.